The fraction of sp³-hybridized carbons (Fsp3) is 0.333. The van der Waals surface area contributed by atoms with Crippen molar-refractivity contribution in [2.75, 3.05) is 0 Å². The van der Waals surface area contributed by atoms with E-state index < -0.39 is 0 Å². The monoisotopic (exact) mass is 112 g/mol. The molecule has 0 fully saturated rings. The van der Waals surface area contributed by atoms with Crippen LogP contribution in [0.3, 0.4) is 0 Å². The Bertz CT molecular complexity index is 80.4. The number of allylic oxidation sites excluding steroid dienone is 2. The van der Waals surface area contributed by atoms with E-state index in [9.17, 15) is 0 Å². The van der Waals surface area contributed by atoms with Crippen molar-refractivity contribution < 1.29 is 0 Å². The second kappa shape index (κ2) is 2.92. The molecular weight excluding hydrogens is 104 g/mol. The molecule has 0 N–H and O–H groups in total. The van der Waals surface area contributed by atoms with E-state index in [1.165, 1.54) is 12.8 Å². The minimum Gasteiger partial charge on any atom is -0.107 e. The van der Waals surface area contributed by atoms with E-state index in [2.05, 4.69) is 23.0 Å². The van der Waals surface area contributed by atoms with Gasteiger partial charge >= 0.3 is 0 Å². The zero-order chi connectivity index (χ0) is 4.95. The first kappa shape index (κ1) is 4.98. The molecule has 0 saturated heterocycles. The first-order valence-electron chi connectivity index (χ1n) is 2.45. The largest absolute Gasteiger partial charge is 0.107 e. The summed E-state index contributed by atoms with van der Waals surface area (Å²) in [5, 5.41) is 4.26. The molecule has 7 heavy (non-hydrogen) atoms. The van der Waals surface area contributed by atoms with Gasteiger partial charge in [-0.1, -0.05) is 12.2 Å². The third kappa shape index (κ3) is 1.83. The SMILES string of the molecule is C1=CSC=CCC1. The maximum atomic E-state index is 2.20. The Hall–Kier alpha value is -0.170. The number of thioether (sulfide) groups is 1. The quantitative estimate of drug-likeness (QED) is 0.464. The van der Waals surface area contributed by atoms with Crippen LogP contribution in [0.5, 0.6) is 0 Å². The first-order valence-corrected chi connectivity index (χ1v) is 3.40. The van der Waals surface area contributed by atoms with E-state index in [0.717, 1.165) is 0 Å². The summed E-state index contributed by atoms with van der Waals surface area (Å²) in [7, 11) is 0. The lowest BCUT2D eigenvalue weighted by atomic mass is 10.3. The molecule has 0 aromatic heterocycles. The third-order valence-electron chi connectivity index (χ3n) is 0.850. The van der Waals surface area contributed by atoms with Crippen LogP contribution in [-0.4, -0.2) is 0 Å². The highest BCUT2D eigenvalue weighted by molar-refractivity contribution is 8.04. The van der Waals surface area contributed by atoms with Crippen LogP contribution in [0.4, 0.5) is 0 Å². The van der Waals surface area contributed by atoms with Crippen molar-refractivity contribution in [3.05, 3.63) is 23.0 Å². The summed E-state index contributed by atoms with van der Waals surface area (Å²) in [5.41, 5.74) is 0. The first-order chi connectivity index (χ1) is 3.50. The lowest BCUT2D eigenvalue weighted by Crippen LogP contribution is -1.56. The summed E-state index contributed by atoms with van der Waals surface area (Å²) < 4.78 is 0. The molecule has 0 atom stereocenters. The molecule has 0 saturated carbocycles. The van der Waals surface area contributed by atoms with Crippen LogP contribution in [0.1, 0.15) is 12.8 Å². The number of rotatable bonds is 0. The standard InChI is InChI=1S/C6H8S/c1-2-4-6-7-5-3-1/h3-6H,1-2H2. The lowest BCUT2D eigenvalue weighted by Gasteiger charge is -1.75. The van der Waals surface area contributed by atoms with Gasteiger partial charge in [0.15, 0.2) is 0 Å². The maximum absolute atomic E-state index is 2.20. The molecule has 0 aromatic carbocycles. The van der Waals surface area contributed by atoms with E-state index in [4.69, 9.17) is 0 Å². The van der Waals surface area contributed by atoms with Crippen molar-refractivity contribution in [2.45, 2.75) is 12.8 Å². The van der Waals surface area contributed by atoms with Crippen molar-refractivity contribution >= 4 is 11.8 Å². The summed E-state index contributed by atoms with van der Waals surface area (Å²) in [6.07, 6.45) is 6.82. The van der Waals surface area contributed by atoms with Gasteiger partial charge in [-0.2, -0.15) is 0 Å². The average molecular weight is 112 g/mol. The number of hydrogen-bond acceptors (Lipinski definition) is 1. The van der Waals surface area contributed by atoms with Crippen LogP contribution in [0.2, 0.25) is 0 Å². The van der Waals surface area contributed by atoms with Crippen LogP contribution in [0.15, 0.2) is 23.0 Å². The van der Waals surface area contributed by atoms with Gasteiger partial charge in [-0.25, -0.2) is 0 Å². The second-order valence-electron chi connectivity index (χ2n) is 1.46. The molecule has 0 unspecified atom stereocenters. The second-order valence-corrected chi connectivity index (χ2v) is 2.27. The molecule has 0 nitrogen and oxygen atoms in total. The Morgan fingerprint density at radius 3 is 2.14 bits per heavy atom. The molecule has 1 aliphatic heterocycles. The smallest absolute Gasteiger partial charge is 0.0288 e. The normalized spacial score (nSPS) is 19.4. The Morgan fingerprint density at radius 1 is 1.00 bits per heavy atom. The van der Waals surface area contributed by atoms with E-state index in [-0.39, 0.29) is 0 Å². The Balaban J connectivity index is 2.38. The molecule has 1 rings (SSSR count). The van der Waals surface area contributed by atoms with Crippen molar-refractivity contribution in [3.8, 4) is 0 Å². The van der Waals surface area contributed by atoms with Gasteiger partial charge < -0.3 is 0 Å². The third-order valence-corrected chi connectivity index (χ3v) is 1.55. The molecule has 1 heteroatoms. The topological polar surface area (TPSA) is 0 Å². The van der Waals surface area contributed by atoms with Gasteiger partial charge in [0.2, 0.25) is 0 Å². The van der Waals surface area contributed by atoms with Crippen LogP contribution in [0.25, 0.3) is 0 Å². The van der Waals surface area contributed by atoms with Gasteiger partial charge in [0, 0.05) is 0 Å². The van der Waals surface area contributed by atoms with Crippen molar-refractivity contribution in [3.63, 3.8) is 0 Å². The van der Waals surface area contributed by atoms with Crippen LogP contribution in [-0.2, 0) is 0 Å². The highest BCUT2D eigenvalue weighted by Gasteiger charge is 1.80. The summed E-state index contributed by atoms with van der Waals surface area (Å²) >= 11 is 1.75. The van der Waals surface area contributed by atoms with Gasteiger partial charge in [0.25, 0.3) is 0 Å². The lowest BCUT2D eigenvalue weighted by molar-refractivity contribution is 1.06. The van der Waals surface area contributed by atoms with Crippen molar-refractivity contribution in [1.29, 1.82) is 0 Å². The molecule has 1 heterocycles. The molecule has 1 aliphatic rings. The fourth-order valence-corrected chi connectivity index (χ4v) is 1.07. The summed E-state index contributed by atoms with van der Waals surface area (Å²) in [6, 6.07) is 0. The van der Waals surface area contributed by atoms with Gasteiger partial charge in [0.1, 0.15) is 0 Å². The van der Waals surface area contributed by atoms with Gasteiger partial charge in [-0.3, -0.25) is 0 Å². The molecule has 0 spiro atoms. The predicted octanol–water partition coefficient (Wildman–Crippen LogP) is 2.54. The van der Waals surface area contributed by atoms with E-state index in [1.54, 1.807) is 11.8 Å². The zero-order valence-electron chi connectivity index (χ0n) is 4.13. The van der Waals surface area contributed by atoms with Crippen molar-refractivity contribution in [2.24, 2.45) is 0 Å². The highest BCUT2D eigenvalue weighted by atomic mass is 32.2. The summed E-state index contributed by atoms with van der Waals surface area (Å²) in [5.74, 6) is 0. The van der Waals surface area contributed by atoms with Gasteiger partial charge in [-0.05, 0) is 23.7 Å². The Morgan fingerprint density at radius 2 is 1.57 bits per heavy atom. The molecule has 0 aromatic rings. The van der Waals surface area contributed by atoms with Crippen LogP contribution in [0, 0.1) is 0 Å². The molecule has 0 amide bonds. The van der Waals surface area contributed by atoms with E-state index in [1.807, 2.05) is 0 Å². The molecule has 0 bridgehead atoms. The minimum atomic E-state index is 1.21. The Labute approximate surface area is 48.3 Å². The van der Waals surface area contributed by atoms with Crippen LogP contribution < -0.4 is 0 Å². The molecule has 0 radical (unpaired) electrons. The van der Waals surface area contributed by atoms with Crippen LogP contribution >= 0.6 is 11.8 Å². The minimum absolute atomic E-state index is 1.21. The highest BCUT2D eigenvalue weighted by Crippen LogP contribution is 2.10. The summed E-state index contributed by atoms with van der Waals surface area (Å²) in [4.78, 5) is 0. The average Bonchev–Trinajstić information content (AvgIpc) is 1.90. The Kier molecular flexibility index (Phi) is 2.07. The maximum Gasteiger partial charge on any atom is -0.0288 e. The zero-order valence-corrected chi connectivity index (χ0v) is 4.95. The predicted molar refractivity (Wildman–Crippen MR) is 35.1 cm³/mol. The number of hydrogen-bond donors (Lipinski definition) is 0. The summed E-state index contributed by atoms with van der Waals surface area (Å²) in [6.45, 7) is 0. The molecular formula is C6H8S. The van der Waals surface area contributed by atoms with E-state index in [0.29, 0.717) is 0 Å². The molecule has 0 aliphatic carbocycles. The molecule has 38 valence electrons. The van der Waals surface area contributed by atoms with E-state index >= 15 is 0 Å². The fourth-order valence-electron chi connectivity index (χ4n) is 0.485. The van der Waals surface area contributed by atoms with Gasteiger partial charge in [0.05, 0.1) is 0 Å². The van der Waals surface area contributed by atoms with Gasteiger partial charge in [-0.15, -0.1) is 11.8 Å². The van der Waals surface area contributed by atoms with Crippen molar-refractivity contribution in [1.82, 2.24) is 0 Å².